The second kappa shape index (κ2) is 11.4. The molecule has 1 atom stereocenters. The molecule has 0 radical (unpaired) electrons. The van der Waals surface area contributed by atoms with Crippen LogP contribution in [0.1, 0.15) is 49.3 Å². The number of anilines is 1. The second-order valence-corrected chi connectivity index (χ2v) is 11.7. The average molecular weight is 520 g/mol. The number of sulfonamides is 1. The van der Waals surface area contributed by atoms with Gasteiger partial charge in [-0.25, -0.2) is 8.42 Å². The summed E-state index contributed by atoms with van der Waals surface area (Å²) in [5, 5.41) is 3.57. The Morgan fingerprint density at radius 2 is 1.80 bits per heavy atom. The van der Waals surface area contributed by atoms with Gasteiger partial charge in [-0.1, -0.05) is 54.3 Å². The maximum absolute atomic E-state index is 13.6. The van der Waals surface area contributed by atoms with Crippen LogP contribution in [-0.4, -0.2) is 50.0 Å². The predicted molar refractivity (Wildman–Crippen MR) is 140 cm³/mol. The molecule has 3 rings (SSSR count). The van der Waals surface area contributed by atoms with E-state index >= 15 is 0 Å². The van der Waals surface area contributed by atoms with Gasteiger partial charge < -0.3 is 10.2 Å². The minimum Gasteiger partial charge on any atom is -0.352 e. The van der Waals surface area contributed by atoms with E-state index in [0.717, 1.165) is 52.9 Å². The summed E-state index contributed by atoms with van der Waals surface area (Å²) in [5.74, 6) is -0.714. The van der Waals surface area contributed by atoms with E-state index < -0.39 is 28.5 Å². The Hall–Kier alpha value is -2.58. The van der Waals surface area contributed by atoms with Crippen LogP contribution in [0.5, 0.6) is 0 Å². The number of aryl methyl sites for hydroxylation is 2. The zero-order chi connectivity index (χ0) is 25.8. The van der Waals surface area contributed by atoms with Gasteiger partial charge in [-0.15, -0.1) is 0 Å². The Balaban J connectivity index is 1.90. The molecule has 1 aliphatic rings. The van der Waals surface area contributed by atoms with Crippen molar-refractivity contribution in [3.05, 3.63) is 64.2 Å². The molecule has 0 aliphatic heterocycles. The monoisotopic (exact) mass is 519 g/mol. The number of hydrogen-bond donors (Lipinski definition) is 1. The van der Waals surface area contributed by atoms with Crippen LogP contribution in [0.3, 0.4) is 0 Å². The molecule has 0 aromatic heterocycles. The predicted octanol–water partition coefficient (Wildman–Crippen LogP) is 4.20. The number of hydrogen-bond acceptors (Lipinski definition) is 4. The van der Waals surface area contributed by atoms with Gasteiger partial charge in [0.25, 0.3) is 0 Å². The highest BCUT2D eigenvalue weighted by Crippen LogP contribution is 2.25. The number of nitrogens with one attached hydrogen (secondary N) is 1. The van der Waals surface area contributed by atoms with Gasteiger partial charge in [0.1, 0.15) is 12.6 Å². The molecule has 2 amide bonds. The molecule has 1 fully saturated rings. The summed E-state index contributed by atoms with van der Waals surface area (Å²) >= 11 is 6.15. The van der Waals surface area contributed by atoms with Crippen LogP contribution in [0.4, 0.5) is 5.69 Å². The topological polar surface area (TPSA) is 86.8 Å². The molecule has 0 spiro atoms. The Kier molecular flexibility index (Phi) is 8.83. The van der Waals surface area contributed by atoms with Crippen LogP contribution in [0.15, 0.2) is 42.5 Å². The normalized spacial score (nSPS) is 15.0. The van der Waals surface area contributed by atoms with E-state index in [4.69, 9.17) is 11.6 Å². The fraction of sp³-hybridized carbons (Fsp3) is 0.462. The highest BCUT2D eigenvalue weighted by molar-refractivity contribution is 7.92. The van der Waals surface area contributed by atoms with E-state index in [1.165, 1.54) is 4.90 Å². The molecule has 1 N–H and O–H groups in total. The van der Waals surface area contributed by atoms with Gasteiger partial charge in [0.05, 0.1) is 11.9 Å². The maximum atomic E-state index is 13.6. The first-order valence-electron chi connectivity index (χ1n) is 11.8. The number of amides is 2. The van der Waals surface area contributed by atoms with Gasteiger partial charge in [0.15, 0.2) is 0 Å². The van der Waals surface area contributed by atoms with Crippen molar-refractivity contribution in [2.45, 2.75) is 65.1 Å². The van der Waals surface area contributed by atoms with Crippen molar-refractivity contribution in [3.63, 3.8) is 0 Å². The van der Waals surface area contributed by atoms with Crippen LogP contribution in [0.2, 0.25) is 5.02 Å². The van der Waals surface area contributed by atoms with Gasteiger partial charge >= 0.3 is 0 Å². The first-order chi connectivity index (χ1) is 16.5. The summed E-state index contributed by atoms with van der Waals surface area (Å²) in [7, 11) is -3.76. The van der Waals surface area contributed by atoms with E-state index in [9.17, 15) is 18.0 Å². The number of rotatable bonds is 9. The van der Waals surface area contributed by atoms with Crippen molar-refractivity contribution in [1.29, 1.82) is 0 Å². The van der Waals surface area contributed by atoms with E-state index in [0.29, 0.717) is 10.7 Å². The lowest BCUT2D eigenvalue weighted by atomic mass is 10.1. The van der Waals surface area contributed by atoms with Crippen LogP contribution >= 0.6 is 11.6 Å². The lowest BCUT2D eigenvalue weighted by Gasteiger charge is -2.32. The zero-order valence-corrected chi connectivity index (χ0v) is 22.3. The summed E-state index contributed by atoms with van der Waals surface area (Å²) in [5.41, 5.74) is 2.93. The number of halogens is 1. The van der Waals surface area contributed by atoms with E-state index in [-0.39, 0.29) is 18.5 Å². The summed E-state index contributed by atoms with van der Waals surface area (Å²) < 4.78 is 26.6. The summed E-state index contributed by atoms with van der Waals surface area (Å²) in [4.78, 5) is 28.1. The minimum atomic E-state index is -3.76. The van der Waals surface area contributed by atoms with Crippen LogP contribution in [-0.2, 0) is 26.2 Å². The fourth-order valence-electron chi connectivity index (χ4n) is 4.49. The van der Waals surface area contributed by atoms with Crippen molar-refractivity contribution in [1.82, 2.24) is 10.2 Å². The number of benzene rings is 2. The summed E-state index contributed by atoms with van der Waals surface area (Å²) in [6, 6.07) is 11.8. The summed E-state index contributed by atoms with van der Waals surface area (Å²) in [6.45, 7) is 5.12. The standard InChI is InChI=1S/C26H34ClN3O4S/c1-18-12-13-24(19(2)14-18)30(35(4,33)34)17-25(31)29(16-21-8-7-9-22(27)15-21)20(3)26(32)28-23-10-5-6-11-23/h7-9,12-15,20,23H,5-6,10-11,16-17H2,1-4H3,(H,28,32)/t20-/m0/s1. The van der Waals surface area contributed by atoms with Crippen LogP contribution in [0, 0.1) is 13.8 Å². The molecule has 190 valence electrons. The molecular formula is C26H34ClN3O4S. The van der Waals surface area contributed by atoms with Crippen LogP contribution < -0.4 is 9.62 Å². The number of carbonyl (C=O) groups is 2. The maximum Gasteiger partial charge on any atom is 0.244 e. The SMILES string of the molecule is Cc1ccc(N(CC(=O)N(Cc2cccc(Cl)c2)[C@@H](C)C(=O)NC2CCCC2)S(C)(=O)=O)c(C)c1. The molecule has 0 saturated heterocycles. The van der Waals surface area contributed by atoms with Gasteiger partial charge in [-0.3, -0.25) is 13.9 Å². The van der Waals surface area contributed by atoms with Crippen LogP contribution in [0.25, 0.3) is 0 Å². The minimum absolute atomic E-state index is 0.107. The third-order valence-electron chi connectivity index (χ3n) is 6.41. The molecule has 35 heavy (non-hydrogen) atoms. The van der Waals surface area contributed by atoms with Gasteiger partial charge in [0, 0.05) is 17.6 Å². The lowest BCUT2D eigenvalue weighted by Crippen LogP contribution is -2.52. The van der Waals surface area contributed by atoms with Crippen molar-refractivity contribution < 1.29 is 18.0 Å². The van der Waals surface area contributed by atoms with Crippen molar-refractivity contribution >= 4 is 39.1 Å². The first-order valence-corrected chi connectivity index (χ1v) is 14.1. The molecule has 0 heterocycles. The van der Waals surface area contributed by atoms with E-state index in [2.05, 4.69) is 5.32 Å². The van der Waals surface area contributed by atoms with E-state index in [1.807, 2.05) is 32.0 Å². The third-order valence-corrected chi connectivity index (χ3v) is 7.77. The lowest BCUT2D eigenvalue weighted by molar-refractivity contribution is -0.139. The van der Waals surface area contributed by atoms with Gasteiger partial charge in [-0.2, -0.15) is 0 Å². The molecule has 9 heteroatoms. The van der Waals surface area contributed by atoms with Crippen molar-refractivity contribution in [3.8, 4) is 0 Å². The molecule has 1 saturated carbocycles. The Morgan fingerprint density at radius 1 is 1.11 bits per heavy atom. The van der Waals surface area contributed by atoms with E-state index in [1.54, 1.807) is 31.2 Å². The highest BCUT2D eigenvalue weighted by Gasteiger charge is 2.31. The summed E-state index contributed by atoms with van der Waals surface area (Å²) in [6.07, 6.45) is 5.08. The largest absolute Gasteiger partial charge is 0.352 e. The zero-order valence-electron chi connectivity index (χ0n) is 20.8. The molecule has 0 bridgehead atoms. The highest BCUT2D eigenvalue weighted by atomic mass is 35.5. The molecular weight excluding hydrogens is 486 g/mol. The van der Waals surface area contributed by atoms with Crippen molar-refractivity contribution in [2.24, 2.45) is 0 Å². The molecule has 2 aromatic carbocycles. The molecule has 7 nitrogen and oxygen atoms in total. The Labute approximate surface area is 213 Å². The van der Waals surface area contributed by atoms with Crippen molar-refractivity contribution in [2.75, 3.05) is 17.1 Å². The molecule has 1 aliphatic carbocycles. The Morgan fingerprint density at radius 3 is 2.40 bits per heavy atom. The van der Waals surface area contributed by atoms with Gasteiger partial charge in [0.2, 0.25) is 21.8 Å². The number of carbonyl (C=O) groups excluding carboxylic acids is 2. The molecule has 2 aromatic rings. The molecule has 0 unspecified atom stereocenters. The fourth-order valence-corrected chi connectivity index (χ4v) is 5.61. The Bertz CT molecular complexity index is 1180. The van der Waals surface area contributed by atoms with Gasteiger partial charge in [-0.05, 0) is 62.9 Å². The quantitative estimate of drug-likeness (QED) is 0.538. The number of nitrogens with zero attached hydrogens (tertiary/aromatic N) is 2. The smallest absolute Gasteiger partial charge is 0.244 e. The average Bonchev–Trinajstić information content (AvgIpc) is 3.28. The second-order valence-electron chi connectivity index (χ2n) is 9.38. The first kappa shape index (κ1) is 27.0. The third kappa shape index (κ3) is 7.21.